The smallest absolute Gasteiger partial charge is 0.224 e. The molecule has 0 fully saturated rings. The molecule has 0 saturated heterocycles. The number of nitrogens with one attached hydrogen (secondary N) is 1. The van der Waals surface area contributed by atoms with Crippen LogP contribution in [-0.2, 0) is 18.3 Å². The molecular weight excluding hydrogens is 316 g/mol. The topological polar surface area (TPSA) is 63.5 Å². The van der Waals surface area contributed by atoms with Gasteiger partial charge in [0, 0.05) is 36.3 Å². The zero-order valence-electron chi connectivity index (χ0n) is 14.2. The lowest BCUT2D eigenvalue weighted by atomic mass is 10.1. The first-order chi connectivity index (χ1) is 12.2. The van der Waals surface area contributed by atoms with E-state index in [2.05, 4.69) is 28.2 Å². The first kappa shape index (κ1) is 17.0. The second-order valence-corrected chi connectivity index (χ2v) is 5.93. The second kappa shape index (κ2) is 7.85. The number of hydrogen-bond acceptors (Lipinski definition) is 3. The lowest BCUT2D eigenvalue weighted by molar-refractivity contribution is -0.116. The maximum Gasteiger partial charge on any atom is 0.224 e. The van der Waals surface area contributed by atoms with Gasteiger partial charge in [0.2, 0.25) is 5.91 Å². The third-order valence-electron chi connectivity index (χ3n) is 4.10. The number of carbonyl (C=O) groups excluding carboxylic acids is 1. The molecule has 2 aromatic carbocycles. The summed E-state index contributed by atoms with van der Waals surface area (Å²) in [5, 5.41) is 12.8. The van der Waals surface area contributed by atoms with Crippen molar-refractivity contribution in [2.24, 2.45) is 7.05 Å². The minimum absolute atomic E-state index is 0.0167. The van der Waals surface area contributed by atoms with E-state index >= 15 is 0 Å². The lowest BCUT2D eigenvalue weighted by Gasteiger charge is -2.07. The second-order valence-electron chi connectivity index (χ2n) is 5.93. The van der Waals surface area contributed by atoms with Crippen LogP contribution >= 0.6 is 0 Å². The fourth-order valence-corrected chi connectivity index (χ4v) is 2.89. The zero-order chi connectivity index (χ0) is 17.6. The van der Waals surface area contributed by atoms with Gasteiger partial charge in [-0.3, -0.25) is 4.79 Å². The van der Waals surface area contributed by atoms with Crippen molar-refractivity contribution in [3.63, 3.8) is 0 Å². The summed E-state index contributed by atoms with van der Waals surface area (Å²) in [5.41, 5.74) is 3.09. The van der Waals surface area contributed by atoms with Gasteiger partial charge in [-0.2, -0.15) is 0 Å². The third kappa shape index (κ3) is 4.19. The molecule has 25 heavy (non-hydrogen) atoms. The summed E-state index contributed by atoms with van der Waals surface area (Å²) in [6.45, 7) is 0.239. The Morgan fingerprint density at radius 3 is 2.68 bits per heavy atom. The van der Waals surface area contributed by atoms with Crippen LogP contribution in [0.2, 0.25) is 0 Å². The molecule has 0 aliphatic heterocycles. The Bertz CT molecular complexity index is 853. The number of aryl methyl sites for hydroxylation is 2. The molecule has 3 rings (SSSR count). The molecule has 0 aliphatic carbocycles. The van der Waals surface area contributed by atoms with Gasteiger partial charge in [-0.1, -0.05) is 18.2 Å². The third-order valence-corrected chi connectivity index (χ3v) is 4.10. The highest BCUT2D eigenvalue weighted by molar-refractivity contribution is 5.91. The molecule has 0 atom stereocenters. The van der Waals surface area contributed by atoms with Gasteiger partial charge in [0.25, 0.3) is 0 Å². The molecular formula is C20H22N2O3. The number of amides is 1. The SMILES string of the molecule is Cn1cc(CCC(=O)Nc2ccc(OCCO)cc2)c2ccccc21. The number of ether oxygens (including phenoxy) is 1. The van der Waals surface area contributed by atoms with Gasteiger partial charge in [-0.25, -0.2) is 0 Å². The van der Waals surface area contributed by atoms with Crippen molar-refractivity contribution in [1.29, 1.82) is 0 Å². The highest BCUT2D eigenvalue weighted by Crippen LogP contribution is 2.22. The first-order valence-corrected chi connectivity index (χ1v) is 8.34. The quantitative estimate of drug-likeness (QED) is 0.696. The first-order valence-electron chi connectivity index (χ1n) is 8.34. The van der Waals surface area contributed by atoms with Gasteiger partial charge >= 0.3 is 0 Å². The Hall–Kier alpha value is -2.79. The van der Waals surface area contributed by atoms with Crippen LogP contribution in [0.25, 0.3) is 10.9 Å². The Morgan fingerprint density at radius 1 is 1.16 bits per heavy atom. The number of para-hydroxylation sites is 1. The molecule has 0 saturated carbocycles. The van der Waals surface area contributed by atoms with E-state index in [0.29, 0.717) is 18.6 Å². The molecule has 0 unspecified atom stereocenters. The number of aliphatic hydroxyl groups is 1. The van der Waals surface area contributed by atoms with Gasteiger partial charge in [-0.05, 0) is 42.3 Å². The number of aliphatic hydroxyl groups excluding tert-OH is 1. The molecule has 1 amide bonds. The molecule has 3 aromatic rings. The average molecular weight is 338 g/mol. The van der Waals surface area contributed by atoms with E-state index in [1.165, 1.54) is 16.5 Å². The van der Waals surface area contributed by atoms with E-state index in [1.807, 2.05) is 19.2 Å². The number of anilines is 1. The van der Waals surface area contributed by atoms with E-state index in [9.17, 15) is 4.79 Å². The van der Waals surface area contributed by atoms with E-state index in [-0.39, 0.29) is 19.1 Å². The fourth-order valence-electron chi connectivity index (χ4n) is 2.89. The Balaban J connectivity index is 1.57. The molecule has 130 valence electrons. The van der Waals surface area contributed by atoms with Crippen LogP contribution < -0.4 is 10.1 Å². The van der Waals surface area contributed by atoms with Gasteiger partial charge in [-0.15, -0.1) is 0 Å². The largest absolute Gasteiger partial charge is 0.491 e. The average Bonchev–Trinajstić information content (AvgIpc) is 2.96. The van der Waals surface area contributed by atoms with Crippen LogP contribution in [0, 0.1) is 0 Å². The van der Waals surface area contributed by atoms with E-state index < -0.39 is 0 Å². The van der Waals surface area contributed by atoms with Crippen LogP contribution in [0.15, 0.2) is 54.7 Å². The normalized spacial score (nSPS) is 10.8. The predicted molar refractivity (Wildman–Crippen MR) is 98.9 cm³/mol. The summed E-state index contributed by atoms with van der Waals surface area (Å²) in [4.78, 5) is 12.2. The van der Waals surface area contributed by atoms with E-state index in [0.717, 1.165) is 5.69 Å². The number of benzene rings is 2. The standard InChI is InChI=1S/C20H22N2O3/c1-22-14-15(18-4-2-3-5-19(18)22)6-11-20(24)21-16-7-9-17(10-8-16)25-13-12-23/h2-5,7-10,14,23H,6,11-13H2,1H3,(H,21,24). The molecule has 2 N–H and O–H groups in total. The zero-order valence-corrected chi connectivity index (χ0v) is 14.2. The van der Waals surface area contributed by atoms with Crippen molar-refractivity contribution >= 4 is 22.5 Å². The monoisotopic (exact) mass is 338 g/mol. The molecule has 0 aliphatic rings. The van der Waals surface area contributed by atoms with Crippen molar-refractivity contribution in [2.45, 2.75) is 12.8 Å². The Morgan fingerprint density at radius 2 is 1.92 bits per heavy atom. The number of hydrogen-bond donors (Lipinski definition) is 2. The van der Waals surface area contributed by atoms with Crippen LogP contribution in [-0.4, -0.2) is 28.8 Å². The van der Waals surface area contributed by atoms with Crippen molar-refractivity contribution in [3.8, 4) is 5.75 Å². The Kier molecular flexibility index (Phi) is 5.36. The Labute approximate surface area is 146 Å². The highest BCUT2D eigenvalue weighted by atomic mass is 16.5. The number of fused-ring (bicyclic) bond motifs is 1. The summed E-state index contributed by atoms with van der Waals surface area (Å²) in [6, 6.07) is 15.4. The number of rotatable bonds is 7. The summed E-state index contributed by atoms with van der Waals surface area (Å²) >= 11 is 0. The van der Waals surface area contributed by atoms with Crippen molar-refractivity contribution in [2.75, 3.05) is 18.5 Å². The molecule has 5 nitrogen and oxygen atoms in total. The van der Waals surface area contributed by atoms with Crippen LogP contribution in [0.4, 0.5) is 5.69 Å². The van der Waals surface area contributed by atoms with Gasteiger partial charge in [0.1, 0.15) is 12.4 Å². The lowest BCUT2D eigenvalue weighted by Crippen LogP contribution is -2.12. The van der Waals surface area contributed by atoms with E-state index in [1.54, 1.807) is 24.3 Å². The molecule has 1 heterocycles. The van der Waals surface area contributed by atoms with Gasteiger partial charge < -0.3 is 19.7 Å². The summed E-state index contributed by atoms with van der Waals surface area (Å²) in [7, 11) is 2.02. The van der Waals surface area contributed by atoms with Gasteiger partial charge in [0.15, 0.2) is 0 Å². The molecule has 1 aromatic heterocycles. The molecule has 0 bridgehead atoms. The van der Waals surface area contributed by atoms with Crippen LogP contribution in [0.3, 0.4) is 0 Å². The van der Waals surface area contributed by atoms with Crippen molar-refractivity contribution in [1.82, 2.24) is 4.57 Å². The predicted octanol–water partition coefficient (Wildman–Crippen LogP) is 3.12. The number of aromatic nitrogens is 1. The maximum atomic E-state index is 12.2. The molecule has 5 heteroatoms. The van der Waals surface area contributed by atoms with Crippen molar-refractivity contribution < 1.29 is 14.6 Å². The molecule has 0 spiro atoms. The summed E-state index contributed by atoms with van der Waals surface area (Å²) in [6.07, 6.45) is 3.22. The van der Waals surface area contributed by atoms with E-state index in [4.69, 9.17) is 9.84 Å². The van der Waals surface area contributed by atoms with Crippen LogP contribution in [0.5, 0.6) is 5.75 Å². The number of nitrogens with zero attached hydrogens (tertiary/aromatic N) is 1. The number of carbonyl (C=O) groups is 1. The minimum atomic E-state index is -0.0212. The van der Waals surface area contributed by atoms with Crippen LogP contribution in [0.1, 0.15) is 12.0 Å². The summed E-state index contributed by atoms with van der Waals surface area (Å²) < 4.78 is 7.39. The maximum absolute atomic E-state index is 12.2. The molecule has 0 radical (unpaired) electrons. The van der Waals surface area contributed by atoms with Crippen molar-refractivity contribution in [3.05, 3.63) is 60.3 Å². The van der Waals surface area contributed by atoms with Gasteiger partial charge in [0.05, 0.1) is 6.61 Å². The highest BCUT2D eigenvalue weighted by Gasteiger charge is 2.09. The fraction of sp³-hybridized carbons (Fsp3) is 0.250. The minimum Gasteiger partial charge on any atom is -0.491 e. The summed E-state index contributed by atoms with van der Waals surface area (Å²) in [5.74, 6) is 0.653.